The summed E-state index contributed by atoms with van der Waals surface area (Å²) in [5, 5.41) is 6.28. The molecule has 0 aliphatic carbocycles. The third kappa shape index (κ3) is 1.84. The fourth-order valence-corrected chi connectivity index (χ4v) is 1.05. The van der Waals surface area contributed by atoms with Gasteiger partial charge >= 0.3 is 4.87 Å². The van der Waals surface area contributed by atoms with Crippen LogP contribution in [0.5, 0.6) is 5.19 Å². The Kier molecular flexibility index (Phi) is 2.06. The van der Waals surface area contributed by atoms with E-state index in [0.29, 0.717) is 5.19 Å². The van der Waals surface area contributed by atoms with Gasteiger partial charge in [0.25, 0.3) is 5.19 Å². The molecule has 0 fully saturated rings. The second-order valence-corrected chi connectivity index (χ2v) is 2.97. The van der Waals surface area contributed by atoms with Crippen LogP contribution >= 0.6 is 11.3 Å². The highest BCUT2D eigenvalue weighted by molar-refractivity contribution is 7.10. The lowest BCUT2D eigenvalue weighted by Gasteiger charge is -2.02. The van der Waals surface area contributed by atoms with E-state index in [1.165, 1.54) is 0 Å². The van der Waals surface area contributed by atoms with E-state index in [2.05, 4.69) is 10.2 Å². The fourth-order valence-electron chi connectivity index (χ4n) is 0.468. The maximum absolute atomic E-state index is 10.5. The summed E-state index contributed by atoms with van der Waals surface area (Å²) in [6, 6.07) is 0. The number of rotatable bonds is 2. The lowest BCUT2D eigenvalue weighted by Crippen LogP contribution is -2.04. The molecule has 0 spiro atoms. The summed E-state index contributed by atoms with van der Waals surface area (Å²) in [6.45, 7) is 3.76. The van der Waals surface area contributed by atoms with Crippen LogP contribution in [-0.2, 0) is 0 Å². The number of nitrogens with zero attached hydrogens (tertiary/aromatic N) is 1. The van der Waals surface area contributed by atoms with Crippen LogP contribution in [0, 0.1) is 0 Å². The van der Waals surface area contributed by atoms with Crippen LogP contribution in [0.1, 0.15) is 13.8 Å². The van der Waals surface area contributed by atoms with E-state index in [1.54, 1.807) is 0 Å². The molecule has 0 bridgehead atoms. The van der Waals surface area contributed by atoms with Gasteiger partial charge in [0.15, 0.2) is 0 Å². The number of aromatic amines is 1. The van der Waals surface area contributed by atoms with E-state index in [0.717, 1.165) is 11.3 Å². The standard InChI is InChI=1S/C5H8N2O2S/c1-3(2)9-5-7-6-4(8)10-5/h3H,1-2H3,(H,6,8). The Morgan fingerprint density at radius 3 is 2.80 bits per heavy atom. The molecule has 1 rings (SSSR count). The summed E-state index contributed by atoms with van der Waals surface area (Å²) < 4.78 is 5.11. The van der Waals surface area contributed by atoms with Crippen molar-refractivity contribution in [3.8, 4) is 5.19 Å². The SMILES string of the molecule is CC(C)Oc1n[nH]c(=O)s1. The number of hydrogen-bond acceptors (Lipinski definition) is 4. The smallest absolute Gasteiger partial charge is 0.325 e. The number of H-pyrrole nitrogens is 1. The third-order valence-electron chi connectivity index (χ3n) is 0.755. The molecule has 1 N–H and O–H groups in total. The highest BCUT2D eigenvalue weighted by Gasteiger charge is 2.00. The van der Waals surface area contributed by atoms with E-state index in [4.69, 9.17) is 4.74 Å². The molecular weight excluding hydrogens is 152 g/mol. The largest absolute Gasteiger partial charge is 0.466 e. The molecular formula is C5H8N2O2S. The van der Waals surface area contributed by atoms with Crippen molar-refractivity contribution in [3.63, 3.8) is 0 Å². The van der Waals surface area contributed by atoms with Gasteiger partial charge in [0.1, 0.15) is 0 Å². The number of aromatic nitrogens is 2. The quantitative estimate of drug-likeness (QED) is 0.690. The fraction of sp³-hybridized carbons (Fsp3) is 0.600. The zero-order valence-electron chi connectivity index (χ0n) is 5.75. The average molecular weight is 160 g/mol. The molecule has 0 aliphatic rings. The molecule has 56 valence electrons. The summed E-state index contributed by atoms with van der Waals surface area (Å²) in [4.78, 5) is 10.3. The molecule has 0 unspecified atom stereocenters. The van der Waals surface area contributed by atoms with Crippen LogP contribution in [0.4, 0.5) is 0 Å². The lowest BCUT2D eigenvalue weighted by molar-refractivity contribution is 0.239. The van der Waals surface area contributed by atoms with Crippen molar-refractivity contribution >= 4 is 11.3 Å². The molecule has 0 radical (unpaired) electrons. The minimum absolute atomic E-state index is 0.0685. The number of ether oxygens (including phenoxy) is 1. The predicted molar refractivity (Wildman–Crippen MR) is 38.5 cm³/mol. The second-order valence-electron chi connectivity index (χ2n) is 2.05. The molecule has 0 aromatic carbocycles. The maximum Gasteiger partial charge on any atom is 0.325 e. The molecule has 0 saturated carbocycles. The molecule has 10 heavy (non-hydrogen) atoms. The Bertz CT molecular complexity index is 252. The van der Waals surface area contributed by atoms with E-state index >= 15 is 0 Å². The van der Waals surface area contributed by atoms with Crippen LogP contribution in [-0.4, -0.2) is 16.3 Å². The van der Waals surface area contributed by atoms with Crippen molar-refractivity contribution in [1.29, 1.82) is 0 Å². The summed E-state index contributed by atoms with van der Waals surface area (Å²) in [5.41, 5.74) is 0. The number of hydrogen-bond donors (Lipinski definition) is 1. The van der Waals surface area contributed by atoms with Gasteiger partial charge in [-0.2, -0.15) is 0 Å². The molecule has 0 amide bonds. The van der Waals surface area contributed by atoms with E-state index in [1.807, 2.05) is 13.8 Å². The minimum Gasteiger partial charge on any atom is -0.466 e. The highest BCUT2D eigenvalue weighted by Crippen LogP contribution is 2.08. The Hall–Kier alpha value is -0.840. The normalized spacial score (nSPS) is 10.3. The van der Waals surface area contributed by atoms with Gasteiger partial charge in [0, 0.05) is 0 Å². The molecule has 0 saturated heterocycles. The van der Waals surface area contributed by atoms with Crippen LogP contribution in [0.15, 0.2) is 4.79 Å². The summed E-state index contributed by atoms with van der Waals surface area (Å²) in [5.74, 6) is 0. The predicted octanol–water partition coefficient (Wildman–Crippen LogP) is 0.619. The Labute approximate surface area is 61.8 Å². The Balaban J connectivity index is 2.67. The Morgan fingerprint density at radius 2 is 2.40 bits per heavy atom. The van der Waals surface area contributed by atoms with E-state index < -0.39 is 0 Å². The summed E-state index contributed by atoms with van der Waals surface area (Å²) in [6.07, 6.45) is 0.0685. The van der Waals surface area contributed by atoms with Crippen LogP contribution < -0.4 is 9.61 Å². The zero-order chi connectivity index (χ0) is 7.56. The monoisotopic (exact) mass is 160 g/mol. The van der Waals surface area contributed by atoms with Crippen LogP contribution in [0.3, 0.4) is 0 Å². The first-order valence-corrected chi connectivity index (χ1v) is 3.72. The van der Waals surface area contributed by atoms with Crippen molar-refractivity contribution < 1.29 is 4.74 Å². The van der Waals surface area contributed by atoms with Gasteiger partial charge in [0.2, 0.25) is 0 Å². The summed E-state index contributed by atoms with van der Waals surface area (Å²) in [7, 11) is 0. The minimum atomic E-state index is -0.185. The van der Waals surface area contributed by atoms with Gasteiger partial charge in [-0.15, -0.1) is 5.10 Å². The van der Waals surface area contributed by atoms with Crippen molar-refractivity contribution in [2.75, 3.05) is 0 Å². The van der Waals surface area contributed by atoms with Crippen LogP contribution in [0.2, 0.25) is 0 Å². The first kappa shape index (κ1) is 7.27. The zero-order valence-corrected chi connectivity index (χ0v) is 6.57. The molecule has 0 aliphatic heterocycles. The second kappa shape index (κ2) is 2.83. The third-order valence-corrected chi connectivity index (χ3v) is 1.39. The molecule has 1 aromatic heterocycles. The molecule has 1 heterocycles. The first-order valence-electron chi connectivity index (χ1n) is 2.90. The van der Waals surface area contributed by atoms with Gasteiger partial charge < -0.3 is 4.74 Å². The van der Waals surface area contributed by atoms with Crippen molar-refractivity contribution in [2.24, 2.45) is 0 Å². The van der Waals surface area contributed by atoms with Crippen LogP contribution in [0.25, 0.3) is 0 Å². The van der Waals surface area contributed by atoms with Crippen molar-refractivity contribution in [1.82, 2.24) is 10.2 Å². The lowest BCUT2D eigenvalue weighted by atomic mass is 10.5. The van der Waals surface area contributed by atoms with Gasteiger partial charge in [-0.3, -0.25) is 4.79 Å². The van der Waals surface area contributed by atoms with E-state index in [-0.39, 0.29) is 11.0 Å². The maximum atomic E-state index is 10.5. The van der Waals surface area contributed by atoms with Crippen molar-refractivity contribution in [3.05, 3.63) is 9.67 Å². The molecule has 4 nitrogen and oxygen atoms in total. The highest BCUT2D eigenvalue weighted by atomic mass is 32.1. The van der Waals surface area contributed by atoms with Gasteiger partial charge in [0.05, 0.1) is 6.10 Å². The molecule has 0 atom stereocenters. The molecule has 5 heteroatoms. The summed E-state index contributed by atoms with van der Waals surface area (Å²) >= 11 is 0.972. The Morgan fingerprint density at radius 1 is 1.70 bits per heavy atom. The number of nitrogens with one attached hydrogen (secondary N) is 1. The average Bonchev–Trinajstić information content (AvgIpc) is 2.13. The van der Waals surface area contributed by atoms with Crippen molar-refractivity contribution in [2.45, 2.75) is 20.0 Å². The first-order chi connectivity index (χ1) is 4.68. The topological polar surface area (TPSA) is 55.0 Å². The van der Waals surface area contributed by atoms with E-state index in [9.17, 15) is 4.79 Å². The molecule has 1 aromatic rings. The van der Waals surface area contributed by atoms with Gasteiger partial charge in [-0.05, 0) is 25.2 Å². The van der Waals surface area contributed by atoms with Gasteiger partial charge in [-0.1, -0.05) is 0 Å². The van der Waals surface area contributed by atoms with Gasteiger partial charge in [-0.25, -0.2) is 5.10 Å².